The number of amides is 1. The fourth-order valence-electron chi connectivity index (χ4n) is 2.47. The predicted molar refractivity (Wildman–Crippen MR) is 81.4 cm³/mol. The molecule has 0 spiro atoms. The Morgan fingerprint density at radius 1 is 1.50 bits per heavy atom. The molecule has 1 aliphatic heterocycles. The minimum absolute atomic E-state index is 0.0100. The Bertz CT molecular complexity index is 665. The lowest BCUT2D eigenvalue weighted by molar-refractivity contribution is -0.135. The van der Waals surface area contributed by atoms with E-state index in [4.69, 9.17) is 16.3 Å². The minimum Gasteiger partial charge on any atom is -0.482 e. The van der Waals surface area contributed by atoms with Gasteiger partial charge in [0.25, 0.3) is 5.91 Å². The molecule has 5 nitrogen and oxygen atoms in total. The van der Waals surface area contributed by atoms with Gasteiger partial charge in [-0.25, -0.2) is 12.8 Å². The van der Waals surface area contributed by atoms with Crippen molar-refractivity contribution in [1.29, 1.82) is 0 Å². The van der Waals surface area contributed by atoms with E-state index in [0.717, 1.165) is 6.07 Å². The second-order valence-electron chi connectivity index (χ2n) is 5.10. The molecule has 0 radical (unpaired) electrons. The molecule has 0 bridgehead atoms. The van der Waals surface area contributed by atoms with Crippen molar-refractivity contribution < 1.29 is 22.3 Å². The van der Waals surface area contributed by atoms with E-state index < -0.39 is 15.7 Å². The molecule has 1 heterocycles. The normalized spacial score (nSPS) is 19.9. The third-order valence-electron chi connectivity index (χ3n) is 3.56. The third-order valence-corrected chi connectivity index (χ3v) is 5.60. The summed E-state index contributed by atoms with van der Waals surface area (Å²) < 4.78 is 41.3. The molecule has 1 aromatic carbocycles. The number of carbonyl (C=O) groups excluding carboxylic acids is 1. The molecule has 22 heavy (non-hydrogen) atoms. The average molecular weight is 350 g/mol. The maximum atomic E-state index is 12.9. The Labute approximate surface area is 133 Å². The number of sulfone groups is 1. The second-order valence-corrected chi connectivity index (χ2v) is 7.74. The molecule has 0 N–H and O–H groups in total. The summed E-state index contributed by atoms with van der Waals surface area (Å²) >= 11 is 5.82. The lowest BCUT2D eigenvalue weighted by Gasteiger charge is -2.26. The monoisotopic (exact) mass is 349 g/mol. The fourth-order valence-corrected chi connectivity index (χ4v) is 4.43. The number of rotatable bonds is 5. The average Bonchev–Trinajstić information content (AvgIpc) is 2.78. The summed E-state index contributed by atoms with van der Waals surface area (Å²) in [5.41, 5.74) is 0. The molecule has 1 atom stereocenters. The smallest absolute Gasteiger partial charge is 0.260 e. The van der Waals surface area contributed by atoms with Crippen molar-refractivity contribution in [2.75, 3.05) is 24.7 Å². The van der Waals surface area contributed by atoms with E-state index in [1.807, 2.05) is 0 Å². The first-order valence-electron chi connectivity index (χ1n) is 6.90. The lowest BCUT2D eigenvalue weighted by Crippen LogP contribution is -2.43. The van der Waals surface area contributed by atoms with Crippen LogP contribution in [0.15, 0.2) is 18.2 Å². The molecule has 1 unspecified atom stereocenters. The largest absolute Gasteiger partial charge is 0.482 e. The van der Waals surface area contributed by atoms with E-state index >= 15 is 0 Å². The molecule has 0 aliphatic carbocycles. The number of likely N-dealkylation sites (N-methyl/N-ethyl adjacent to an activating group) is 1. The van der Waals surface area contributed by atoms with E-state index in [1.54, 1.807) is 6.92 Å². The van der Waals surface area contributed by atoms with Gasteiger partial charge in [0.15, 0.2) is 16.4 Å². The van der Waals surface area contributed by atoms with Crippen LogP contribution in [0.5, 0.6) is 5.75 Å². The van der Waals surface area contributed by atoms with Gasteiger partial charge in [0.05, 0.1) is 16.5 Å². The predicted octanol–water partition coefficient (Wildman–Crippen LogP) is 1.89. The molecular weight excluding hydrogens is 333 g/mol. The molecule has 0 aromatic heterocycles. The van der Waals surface area contributed by atoms with E-state index in [-0.39, 0.29) is 40.8 Å². The van der Waals surface area contributed by atoms with Crippen molar-refractivity contribution in [1.82, 2.24) is 4.90 Å². The number of hydrogen-bond donors (Lipinski definition) is 0. The van der Waals surface area contributed by atoms with Gasteiger partial charge in [-0.1, -0.05) is 11.6 Å². The van der Waals surface area contributed by atoms with Gasteiger partial charge in [0, 0.05) is 12.6 Å². The molecule has 1 aliphatic rings. The van der Waals surface area contributed by atoms with Crippen molar-refractivity contribution in [2.45, 2.75) is 19.4 Å². The zero-order valence-corrected chi connectivity index (χ0v) is 13.7. The summed E-state index contributed by atoms with van der Waals surface area (Å²) in [5, 5.41) is 0.0827. The number of carbonyl (C=O) groups is 1. The maximum absolute atomic E-state index is 12.9. The number of benzene rings is 1. The van der Waals surface area contributed by atoms with Gasteiger partial charge in [0.1, 0.15) is 11.6 Å². The maximum Gasteiger partial charge on any atom is 0.260 e. The fraction of sp³-hybridized carbons (Fsp3) is 0.500. The highest BCUT2D eigenvalue weighted by Crippen LogP contribution is 2.25. The molecular formula is C14H17ClFNO4S. The van der Waals surface area contributed by atoms with Crippen molar-refractivity contribution in [3.05, 3.63) is 29.0 Å². The Balaban J connectivity index is 1.98. The highest BCUT2D eigenvalue weighted by atomic mass is 35.5. The molecule has 122 valence electrons. The summed E-state index contributed by atoms with van der Waals surface area (Å²) in [5.74, 6) is -0.498. The first kappa shape index (κ1) is 17.0. The third kappa shape index (κ3) is 4.10. The van der Waals surface area contributed by atoms with Gasteiger partial charge >= 0.3 is 0 Å². The van der Waals surface area contributed by atoms with Crippen LogP contribution in [0.2, 0.25) is 5.02 Å². The number of halogens is 2. The van der Waals surface area contributed by atoms with Crippen molar-refractivity contribution in [2.24, 2.45) is 0 Å². The van der Waals surface area contributed by atoms with Crippen LogP contribution in [-0.2, 0) is 14.6 Å². The molecule has 1 fully saturated rings. The van der Waals surface area contributed by atoms with E-state index in [2.05, 4.69) is 0 Å². The molecule has 1 saturated heterocycles. The van der Waals surface area contributed by atoms with Crippen LogP contribution in [0.3, 0.4) is 0 Å². The van der Waals surface area contributed by atoms with Crippen molar-refractivity contribution in [3.8, 4) is 5.75 Å². The van der Waals surface area contributed by atoms with Gasteiger partial charge < -0.3 is 9.64 Å². The minimum atomic E-state index is -3.06. The highest BCUT2D eigenvalue weighted by Gasteiger charge is 2.33. The summed E-state index contributed by atoms with van der Waals surface area (Å²) in [7, 11) is -3.06. The van der Waals surface area contributed by atoms with Gasteiger partial charge in [-0.15, -0.1) is 0 Å². The Morgan fingerprint density at radius 3 is 2.77 bits per heavy atom. The number of ether oxygens (including phenoxy) is 1. The summed E-state index contributed by atoms with van der Waals surface area (Å²) in [4.78, 5) is 13.7. The number of nitrogens with zero attached hydrogens (tertiary/aromatic N) is 1. The van der Waals surface area contributed by atoms with E-state index in [1.165, 1.54) is 17.0 Å². The van der Waals surface area contributed by atoms with Gasteiger partial charge in [0.2, 0.25) is 0 Å². The van der Waals surface area contributed by atoms with Crippen LogP contribution < -0.4 is 4.74 Å². The van der Waals surface area contributed by atoms with Gasteiger partial charge in [-0.2, -0.15) is 0 Å². The van der Waals surface area contributed by atoms with Crippen LogP contribution in [0.4, 0.5) is 4.39 Å². The van der Waals surface area contributed by atoms with Gasteiger partial charge in [-0.3, -0.25) is 4.79 Å². The first-order chi connectivity index (χ1) is 10.3. The Morgan fingerprint density at radius 2 is 2.23 bits per heavy atom. The summed E-state index contributed by atoms with van der Waals surface area (Å²) in [6.45, 7) is 1.92. The van der Waals surface area contributed by atoms with Crippen LogP contribution in [0.1, 0.15) is 13.3 Å². The Kier molecular flexibility index (Phi) is 5.28. The van der Waals surface area contributed by atoms with Crippen LogP contribution in [0.25, 0.3) is 0 Å². The highest BCUT2D eigenvalue weighted by molar-refractivity contribution is 7.91. The second kappa shape index (κ2) is 6.83. The molecule has 1 aromatic rings. The molecule has 8 heteroatoms. The summed E-state index contributed by atoms with van der Waals surface area (Å²) in [6.07, 6.45) is 0.444. The van der Waals surface area contributed by atoms with Gasteiger partial charge in [-0.05, 0) is 31.5 Å². The SMILES string of the molecule is CCN(C(=O)COc1ccc(F)cc1Cl)C1CCS(=O)(=O)C1. The zero-order chi connectivity index (χ0) is 16.3. The topological polar surface area (TPSA) is 63.7 Å². The first-order valence-corrected chi connectivity index (χ1v) is 9.10. The van der Waals surface area contributed by atoms with Crippen LogP contribution in [0, 0.1) is 5.82 Å². The number of hydrogen-bond acceptors (Lipinski definition) is 4. The Hall–Kier alpha value is -1.34. The quantitative estimate of drug-likeness (QED) is 0.814. The molecule has 1 amide bonds. The zero-order valence-electron chi connectivity index (χ0n) is 12.1. The van der Waals surface area contributed by atoms with Crippen molar-refractivity contribution in [3.63, 3.8) is 0 Å². The van der Waals surface area contributed by atoms with Crippen LogP contribution in [-0.4, -0.2) is 49.9 Å². The van der Waals surface area contributed by atoms with E-state index in [0.29, 0.717) is 13.0 Å². The van der Waals surface area contributed by atoms with Crippen molar-refractivity contribution >= 4 is 27.3 Å². The van der Waals surface area contributed by atoms with Crippen LogP contribution >= 0.6 is 11.6 Å². The molecule has 0 saturated carbocycles. The van der Waals surface area contributed by atoms with E-state index in [9.17, 15) is 17.6 Å². The lowest BCUT2D eigenvalue weighted by atomic mass is 10.2. The summed E-state index contributed by atoms with van der Waals surface area (Å²) in [6, 6.07) is 3.33. The standard InChI is InChI=1S/C14H17ClFNO4S/c1-2-17(11-5-6-22(19,20)9-11)14(18)8-21-13-4-3-10(16)7-12(13)15/h3-4,7,11H,2,5-6,8-9H2,1H3. The molecule has 2 rings (SSSR count).